The molecule has 0 aliphatic heterocycles. The first-order valence-corrected chi connectivity index (χ1v) is 5.63. The van der Waals surface area contributed by atoms with Crippen molar-refractivity contribution in [2.24, 2.45) is 0 Å². The van der Waals surface area contributed by atoms with E-state index < -0.39 is 11.5 Å². The van der Waals surface area contributed by atoms with Crippen molar-refractivity contribution in [1.82, 2.24) is 5.32 Å². The molecule has 0 aromatic heterocycles. The summed E-state index contributed by atoms with van der Waals surface area (Å²) < 4.78 is 5.09. The minimum Gasteiger partial charge on any atom is -0.497 e. The van der Waals surface area contributed by atoms with Gasteiger partial charge in [-0.3, -0.25) is 4.79 Å². The molecule has 0 bridgehead atoms. The highest BCUT2D eigenvalue weighted by Crippen LogP contribution is 2.29. The predicted molar refractivity (Wildman–Crippen MR) is 66.3 cm³/mol. The largest absolute Gasteiger partial charge is 0.497 e. The molecule has 1 aromatic rings. The van der Waals surface area contributed by atoms with Crippen molar-refractivity contribution in [3.8, 4) is 5.75 Å². The Morgan fingerprint density at radius 2 is 2.00 bits per heavy atom. The van der Waals surface area contributed by atoms with Gasteiger partial charge in [-0.05, 0) is 31.2 Å². The number of benzene rings is 1. The molecule has 1 unspecified atom stereocenters. The van der Waals surface area contributed by atoms with Crippen LogP contribution >= 0.6 is 0 Å². The molecular formula is C13H19NO3. The summed E-state index contributed by atoms with van der Waals surface area (Å²) in [4.78, 5) is 11.0. The molecule has 1 rings (SSSR count). The number of rotatable bonds is 6. The Morgan fingerprint density at radius 3 is 2.35 bits per heavy atom. The van der Waals surface area contributed by atoms with Crippen molar-refractivity contribution >= 4 is 5.97 Å². The summed E-state index contributed by atoms with van der Waals surface area (Å²) in [7, 11) is 3.40. The highest BCUT2D eigenvalue weighted by Gasteiger charge is 2.31. The molecular weight excluding hydrogens is 218 g/mol. The van der Waals surface area contributed by atoms with E-state index >= 15 is 0 Å². The Bertz CT molecular complexity index is 369. The summed E-state index contributed by atoms with van der Waals surface area (Å²) in [5.74, 6) is -0.0396. The lowest BCUT2D eigenvalue weighted by Gasteiger charge is -2.31. The van der Waals surface area contributed by atoms with E-state index in [2.05, 4.69) is 5.32 Å². The number of methoxy groups -OCH3 is 1. The normalized spacial score (nSPS) is 14.1. The fraction of sp³-hybridized carbons (Fsp3) is 0.462. The van der Waals surface area contributed by atoms with Gasteiger partial charge in [-0.25, -0.2) is 0 Å². The Morgan fingerprint density at radius 1 is 1.41 bits per heavy atom. The summed E-state index contributed by atoms with van der Waals surface area (Å²) in [6.07, 6.45) is 0.772. The standard InChI is InChI=1S/C13H19NO3/c1-4-13(14-2,9-12(15)16)10-5-7-11(17-3)8-6-10/h5-8,14H,4,9H2,1-3H3,(H,15,16). The van der Waals surface area contributed by atoms with E-state index in [0.717, 1.165) is 11.3 Å². The molecule has 0 saturated carbocycles. The van der Waals surface area contributed by atoms with E-state index in [1.54, 1.807) is 14.2 Å². The zero-order chi connectivity index (χ0) is 12.9. The van der Waals surface area contributed by atoms with Gasteiger partial charge in [0.1, 0.15) is 5.75 Å². The Hall–Kier alpha value is -1.55. The van der Waals surface area contributed by atoms with E-state index in [1.165, 1.54) is 0 Å². The van der Waals surface area contributed by atoms with Gasteiger partial charge in [0.2, 0.25) is 0 Å². The van der Waals surface area contributed by atoms with E-state index in [1.807, 2.05) is 31.2 Å². The number of hydrogen-bond donors (Lipinski definition) is 2. The second kappa shape index (κ2) is 5.68. The van der Waals surface area contributed by atoms with Gasteiger partial charge in [-0.1, -0.05) is 19.1 Å². The van der Waals surface area contributed by atoms with Gasteiger partial charge in [-0.15, -0.1) is 0 Å². The summed E-state index contributed by atoms with van der Waals surface area (Å²) in [6, 6.07) is 7.50. The van der Waals surface area contributed by atoms with Crippen molar-refractivity contribution in [3.05, 3.63) is 29.8 Å². The third-order valence-corrected chi connectivity index (χ3v) is 3.18. The fourth-order valence-electron chi connectivity index (χ4n) is 2.01. The van der Waals surface area contributed by atoms with E-state index in [4.69, 9.17) is 9.84 Å². The first-order chi connectivity index (χ1) is 8.07. The quantitative estimate of drug-likeness (QED) is 0.794. The van der Waals surface area contributed by atoms with Crippen molar-refractivity contribution in [3.63, 3.8) is 0 Å². The maximum Gasteiger partial charge on any atom is 0.305 e. The molecule has 0 amide bonds. The molecule has 0 heterocycles. The van der Waals surface area contributed by atoms with Gasteiger partial charge >= 0.3 is 5.97 Å². The van der Waals surface area contributed by atoms with Crippen molar-refractivity contribution in [2.45, 2.75) is 25.3 Å². The van der Waals surface area contributed by atoms with Crippen LogP contribution in [-0.4, -0.2) is 25.2 Å². The van der Waals surface area contributed by atoms with E-state index in [-0.39, 0.29) is 6.42 Å². The molecule has 17 heavy (non-hydrogen) atoms. The number of carboxylic acids is 1. The van der Waals surface area contributed by atoms with E-state index in [0.29, 0.717) is 6.42 Å². The van der Waals surface area contributed by atoms with Crippen LogP contribution in [0.1, 0.15) is 25.3 Å². The molecule has 0 radical (unpaired) electrons. The zero-order valence-corrected chi connectivity index (χ0v) is 10.5. The molecule has 94 valence electrons. The van der Waals surface area contributed by atoms with Crippen LogP contribution in [-0.2, 0) is 10.3 Å². The highest BCUT2D eigenvalue weighted by atomic mass is 16.5. The van der Waals surface area contributed by atoms with E-state index in [9.17, 15) is 4.79 Å². The Kier molecular flexibility index (Phi) is 4.52. The van der Waals surface area contributed by atoms with Crippen molar-refractivity contribution in [1.29, 1.82) is 0 Å². The zero-order valence-electron chi connectivity index (χ0n) is 10.5. The average molecular weight is 237 g/mol. The first kappa shape index (κ1) is 13.5. The lowest BCUT2D eigenvalue weighted by Crippen LogP contribution is -2.41. The van der Waals surface area contributed by atoms with Crippen molar-refractivity contribution < 1.29 is 14.6 Å². The minimum atomic E-state index is -0.808. The van der Waals surface area contributed by atoms with Crippen molar-refractivity contribution in [2.75, 3.05) is 14.2 Å². The molecule has 1 atom stereocenters. The topological polar surface area (TPSA) is 58.6 Å². The molecule has 0 aliphatic carbocycles. The minimum absolute atomic E-state index is 0.0618. The predicted octanol–water partition coefficient (Wildman–Crippen LogP) is 1.99. The molecule has 1 aromatic carbocycles. The van der Waals surface area contributed by atoms with Crippen LogP contribution in [0.25, 0.3) is 0 Å². The molecule has 2 N–H and O–H groups in total. The third kappa shape index (κ3) is 2.97. The van der Waals surface area contributed by atoms with Crippen LogP contribution < -0.4 is 10.1 Å². The SMILES string of the molecule is CCC(CC(=O)O)(NC)c1ccc(OC)cc1. The lowest BCUT2D eigenvalue weighted by molar-refractivity contribution is -0.138. The smallest absolute Gasteiger partial charge is 0.305 e. The molecule has 0 saturated heterocycles. The maximum absolute atomic E-state index is 11.0. The molecule has 0 fully saturated rings. The molecule has 0 aliphatic rings. The summed E-state index contributed by atoms with van der Waals surface area (Å²) in [5.41, 5.74) is 0.448. The average Bonchev–Trinajstić information content (AvgIpc) is 2.36. The fourth-order valence-corrected chi connectivity index (χ4v) is 2.01. The molecule has 4 heteroatoms. The lowest BCUT2D eigenvalue weighted by atomic mass is 9.84. The first-order valence-electron chi connectivity index (χ1n) is 5.63. The van der Waals surface area contributed by atoms with Gasteiger partial charge in [0, 0.05) is 0 Å². The number of ether oxygens (including phenoxy) is 1. The highest BCUT2D eigenvalue weighted by molar-refractivity contribution is 5.69. The van der Waals surface area contributed by atoms with Crippen LogP contribution in [0.2, 0.25) is 0 Å². The number of hydrogen-bond acceptors (Lipinski definition) is 3. The van der Waals surface area contributed by atoms with Gasteiger partial charge in [0.25, 0.3) is 0 Å². The monoisotopic (exact) mass is 237 g/mol. The van der Waals surface area contributed by atoms with Gasteiger partial charge in [-0.2, -0.15) is 0 Å². The number of nitrogens with one attached hydrogen (secondary N) is 1. The second-order valence-corrected chi connectivity index (χ2v) is 3.98. The second-order valence-electron chi connectivity index (χ2n) is 3.98. The molecule has 4 nitrogen and oxygen atoms in total. The van der Waals surface area contributed by atoms with Crippen LogP contribution in [0.3, 0.4) is 0 Å². The van der Waals surface area contributed by atoms with Crippen LogP contribution in [0.4, 0.5) is 0 Å². The van der Waals surface area contributed by atoms with Gasteiger partial charge < -0.3 is 15.2 Å². The summed E-state index contributed by atoms with van der Waals surface area (Å²) in [5, 5.41) is 12.1. The Labute approximate surface area is 102 Å². The maximum atomic E-state index is 11.0. The van der Waals surface area contributed by atoms with Crippen LogP contribution in [0.5, 0.6) is 5.75 Å². The third-order valence-electron chi connectivity index (χ3n) is 3.18. The number of carbonyl (C=O) groups is 1. The van der Waals surface area contributed by atoms with Crippen LogP contribution in [0, 0.1) is 0 Å². The van der Waals surface area contributed by atoms with Gasteiger partial charge in [0.05, 0.1) is 19.1 Å². The summed E-state index contributed by atoms with van der Waals surface area (Å²) >= 11 is 0. The van der Waals surface area contributed by atoms with Crippen LogP contribution in [0.15, 0.2) is 24.3 Å². The Balaban J connectivity index is 3.07. The summed E-state index contributed by atoms with van der Waals surface area (Å²) in [6.45, 7) is 1.98. The number of aliphatic carboxylic acids is 1. The van der Waals surface area contributed by atoms with Gasteiger partial charge in [0.15, 0.2) is 0 Å². The molecule has 0 spiro atoms. The number of carboxylic acid groups (broad SMARTS) is 1.